The number of aliphatic carboxylic acids is 2. The predicted octanol–water partition coefficient (Wildman–Crippen LogP) is 9.57. The van der Waals surface area contributed by atoms with Crippen molar-refractivity contribution in [1.29, 1.82) is 0 Å². The average molecular weight is 973 g/mol. The predicted molar refractivity (Wildman–Crippen MR) is 250 cm³/mol. The molecule has 68 heavy (non-hydrogen) atoms. The summed E-state index contributed by atoms with van der Waals surface area (Å²) in [6.45, 7) is 7.22. The largest absolute Gasteiger partial charge is 0.496 e. The molecule has 1 fully saturated rings. The molecule has 0 radical (unpaired) electrons. The smallest absolute Gasteiger partial charge is 0.490 e. The zero-order valence-corrected chi connectivity index (χ0v) is 38.3. The zero-order valence-electron chi connectivity index (χ0n) is 36.7. The van der Waals surface area contributed by atoms with Crippen molar-refractivity contribution < 1.29 is 51.6 Å². The monoisotopic (exact) mass is 972 g/mol. The van der Waals surface area contributed by atoms with Gasteiger partial charge in [-0.25, -0.2) is 29.1 Å². The highest BCUT2D eigenvalue weighted by molar-refractivity contribution is 7.22. The number of methoxy groups -OCH3 is 1. The first-order chi connectivity index (χ1) is 32.7. The number of ether oxygens (including phenoxy) is 3. The Labute approximate surface area is 397 Å². The van der Waals surface area contributed by atoms with Gasteiger partial charge in [-0.2, -0.15) is 13.2 Å². The van der Waals surface area contributed by atoms with Crippen molar-refractivity contribution in [2.75, 3.05) is 46.4 Å². The molecule has 3 N–H and O–H groups in total. The second-order valence-corrected chi connectivity index (χ2v) is 16.9. The van der Waals surface area contributed by atoms with Crippen molar-refractivity contribution in [3.63, 3.8) is 0 Å². The molecule has 1 atom stereocenters. The van der Waals surface area contributed by atoms with E-state index in [1.165, 1.54) is 29.8 Å². The van der Waals surface area contributed by atoms with Crippen LogP contribution >= 0.6 is 22.9 Å². The van der Waals surface area contributed by atoms with Crippen LogP contribution in [0.4, 0.5) is 17.6 Å². The first-order valence-corrected chi connectivity index (χ1v) is 22.5. The Morgan fingerprint density at radius 3 is 2.28 bits per heavy atom. The van der Waals surface area contributed by atoms with Gasteiger partial charge in [0.2, 0.25) is 0 Å². The van der Waals surface area contributed by atoms with Gasteiger partial charge in [0.25, 0.3) is 0 Å². The molecule has 0 bridgehead atoms. The molecule has 7 aromatic rings. The molecule has 354 valence electrons. The van der Waals surface area contributed by atoms with Crippen LogP contribution in [0.25, 0.3) is 43.2 Å². The van der Waals surface area contributed by atoms with Gasteiger partial charge < -0.3 is 29.7 Å². The lowest BCUT2D eigenvalue weighted by Gasteiger charge is -2.27. The summed E-state index contributed by atoms with van der Waals surface area (Å²) in [7, 11) is 1.60. The summed E-state index contributed by atoms with van der Waals surface area (Å²) in [5.41, 5.74) is 5.92. The number of thiophene rings is 1. The maximum atomic E-state index is 14.2. The van der Waals surface area contributed by atoms with Gasteiger partial charge in [-0.15, -0.1) is 11.3 Å². The first-order valence-electron chi connectivity index (χ1n) is 21.3. The highest BCUT2D eigenvalue weighted by Gasteiger charge is 2.38. The van der Waals surface area contributed by atoms with E-state index < -0.39 is 24.0 Å². The number of piperazine rings is 1. The Balaban J connectivity index is 0.000000908. The van der Waals surface area contributed by atoms with Gasteiger partial charge >= 0.3 is 18.1 Å². The van der Waals surface area contributed by atoms with E-state index in [4.69, 9.17) is 45.7 Å². The maximum absolute atomic E-state index is 14.2. The van der Waals surface area contributed by atoms with E-state index in [1.54, 1.807) is 31.5 Å². The highest BCUT2D eigenvalue weighted by atomic mass is 35.5. The van der Waals surface area contributed by atoms with Crippen molar-refractivity contribution in [3.8, 4) is 50.2 Å². The molecule has 0 unspecified atom stereocenters. The fourth-order valence-electron chi connectivity index (χ4n) is 7.62. The molecule has 4 aromatic carbocycles. The van der Waals surface area contributed by atoms with E-state index in [2.05, 4.69) is 20.2 Å². The number of nitrogens with zero attached hydrogens (tertiary/aromatic N) is 5. The number of carboxylic acids is 2. The third-order valence-corrected chi connectivity index (χ3v) is 12.7. The number of aromatic nitrogens is 4. The number of rotatable bonds is 16. The number of fused-ring (bicyclic) bond motifs is 1. The minimum Gasteiger partial charge on any atom is -0.496 e. The fourth-order valence-corrected chi connectivity index (χ4v) is 9.02. The van der Waals surface area contributed by atoms with Crippen LogP contribution in [-0.4, -0.2) is 99.6 Å². The zero-order chi connectivity index (χ0) is 48.4. The molecular formula is C49H45ClF4N6O7S. The Morgan fingerprint density at radius 1 is 0.868 bits per heavy atom. The molecule has 1 aliphatic heterocycles. The highest BCUT2D eigenvalue weighted by Crippen LogP contribution is 2.48. The summed E-state index contributed by atoms with van der Waals surface area (Å²) in [5, 5.41) is 22.4. The van der Waals surface area contributed by atoms with Crippen LogP contribution in [0.5, 0.6) is 17.2 Å². The molecule has 1 saturated heterocycles. The summed E-state index contributed by atoms with van der Waals surface area (Å²) in [6.07, 6.45) is -1.67. The maximum Gasteiger partial charge on any atom is 0.490 e. The molecule has 3 aromatic heterocycles. The quantitative estimate of drug-likeness (QED) is 0.0784. The number of halogens is 5. The van der Waals surface area contributed by atoms with Gasteiger partial charge in [-0.3, -0.25) is 9.69 Å². The van der Waals surface area contributed by atoms with Crippen molar-refractivity contribution >= 4 is 45.1 Å². The van der Waals surface area contributed by atoms with E-state index in [0.717, 1.165) is 76.4 Å². The summed E-state index contributed by atoms with van der Waals surface area (Å²) in [5.74, 6) is -2.66. The van der Waals surface area contributed by atoms with Crippen LogP contribution in [0.1, 0.15) is 22.5 Å². The number of carboxylic acid groups (broad SMARTS) is 2. The van der Waals surface area contributed by atoms with Crippen molar-refractivity contribution in [1.82, 2.24) is 30.2 Å². The van der Waals surface area contributed by atoms with Crippen molar-refractivity contribution in [2.24, 2.45) is 5.92 Å². The molecule has 4 heterocycles. The number of carbonyl (C=O) groups is 2. The number of para-hydroxylation sites is 2. The van der Waals surface area contributed by atoms with Gasteiger partial charge in [0.05, 0.1) is 35.0 Å². The van der Waals surface area contributed by atoms with Crippen LogP contribution in [-0.2, 0) is 29.0 Å². The third-order valence-electron chi connectivity index (χ3n) is 11.1. The SMILES string of the molecule is COc1ccccc1-c1nccc(COc2ccccc2C[C@@H](Cc2ncnc3sc(-c4ccc(F)cc4)c(-c4ccc(OCCN5CCNCC5)c(Cl)c4C)c23)C(=O)O)n1.O=C(O)C(F)(F)F. The molecule has 8 rings (SSSR count). The summed E-state index contributed by atoms with van der Waals surface area (Å²) in [4.78, 5) is 44.4. The van der Waals surface area contributed by atoms with Crippen LogP contribution in [0, 0.1) is 18.7 Å². The number of nitrogens with one attached hydrogen (secondary N) is 1. The molecular weight excluding hydrogens is 928 g/mol. The standard InChI is InChI=1S/C47H44ClFN6O5S.C2HF3O2/c1-29-35(15-16-40(43(29)48)59-24-23-55-21-19-50-20-22-55)41-42-37(52-28-53-46(42)61-44(41)30-11-13-33(49)14-12-30)26-32(47(56)57)25-31-7-3-5-9-38(31)60-27-34-17-18-51-45(54-34)36-8-4-6-10-39(36)58-2;3-2(4,5)1(6)7/h3-18,28,32,50H,19-27H2,1-2H3,(H,56,57);(H,6,7)/t32-;/m0./s1. The van der Waals surface area contributed by atoms with Gasteiger partial charge in [0.15, 0.2) is 5.82 Å². The molecule has 13 nitrogen and oxygen atoms in total. The Hall–Kier alpha value is -6.73. The Kier molecular flexibility index (Phi) is 16.2. The van der Waals surface area contributed by atoms with E-state index in [-0.39, 0.29) is 25.3 Å². The second kappa shape index (κ2) is 22.4. The first kappa shape index (κ1) is 49.2. The summed E-state index contributed by atoms with van der Waals surface area (Å²) in [6, 6.07) is 26.9. The van der Waals surface area contributed by atoms with Crippen LogP contribution in [0.3, 0.4) is 0 Å². The van der Waals surface area contributed by atoms with E-state index in [9.17, 15) is 27.5 Å². The second-order valence-electron chi connectivity index (χ2n) is 15.5. The lowest BCUT2D eigenvalue weighted by atomic mass is 9.90. The van der Waals surface area contributed by atoms with Crippen LogP contribution in [0.2, 0.25) is 5.02 Å². The van der Waals surface area contributed by atoms with Gasteiger partial charge in [-0.1, -0.05) is 60.1 Å². The third kappa shape index (κ3) is 12.0. The van der Waals surface area contributed by atoms with Crippen LogP contribution in [0.15, 0.2) is 104 Å². The lowest BCUT2D eigenvalue weighted by Crippen LogP contribution is -2.44. The molecule has 0 amide bonds. The molecule has 0 saturated carbocycles. The van der Waals surface area contributed by atoms with E-state index in [1.807, 2.05) is 67.6 Å². The van der Waals surface area contributed by atoms with Crippen LogP contribution < -0.4 is 19.5 Å². The average Bonchev–Trinajstić information content (AvgIpc) is 3.73. The minimum absolute atomic E-state index is 0.101. The van der Waals surface area contributed by atoms with E-state index in [0.29, 0.717) is 50.9 Å². The number of hydrogen-bond donors (Lipinski definition) is 3. The summed E-state index contributed by atoms with van der Waals surface area (Å²) >= 11 is 8.51. The van der Waals surface area contributed by atoms with Gasteiger partial charge in [0, 0.05) is 61.2 Å². The lowest BCUT2D eigenvalue weighted by molar-refractivity contribution is -0.192. The van der Waals surface area contributed by atoms with Crippen molar-refractivity contribution in [3.05, 3.63) is 137 Å². The Bertz CT molecular complexity index is 2880. The fraction of sp³-hybridized carbons (Fsp3) is 0.265. The molecule has 19 heteroatoms. The molecule has 0 spiro atoms. The van der Waals surface area contributed by atoms with Gasteiger partial charge in [0.1, 0.15) is 47.4 Å². The topological polar surface area (TPSA) is 169 Å². The van der Waals surface area contributed by atoms with Gasteiger partial charge in [-0.05, 0) is 78.1 Å². The van der Waals surface area contributed by atoms with Crippen molar-refractivity contribution in [2.45, 2.75) is 32.5 Å². The van der Waals surface area contributed by atoms with E-state index >= 15 is 0 Å². The number of hydrogen-bond acceptors (Lipinski definition) is 12. The number of benzene rings is 4. The molecule has 1 aliphatic rings. The summed E-state index contributed by atoms with van der Waals surface area (Å²) < 4.78 is 64.0. The minimum atomic E-state index is -5.08. The number of alkyl halides is 3. The normalized spacial score (nSPS) is 13.3. The molecule has 0 aliphatic carbocycles. The Morgan fingerprint density at radius 2 is 1.57 bits per heavy atom.